The third-order valence-electron chi connectivity index (χ3n) is 3.71. The van der Waals surface area contributed by atoms with Crippen molar-refractivity contribution < 1.29 is 30.9 Å². The summed E-state index contributed by atoms with van der Waals surface area (Å²) in [4.78, 5) is 23.0. The van der Waals surface area contributed by atoms with Crippen LogP contribution in [0, 0.1) is 0 Å². The normalized spacial score (nSPS) is 12.3. The lowest BCUT2D eigenvalue weighted by atomic mass is 10.1. The predicted molar refractivity (Wildman–Crippen MR) is 90.9 cm³/mol. The van der Waals surface area contributed by atoms with Gasteiger partial charge in [-0.05, 0) is 0 Å². The minimum Gasteiger partial charge on any atom is -0.329 e. The second-order valence-corrected chi connectivity index (χ2v) is 7.72. The first-order valence-corrected chi connectivity index (χ1v) is 9.30. The molecule has 0 aliphatic heterocycles. The van der Waals surface area contributed by atoms with Crippen LogP contribution in [0.15, 0.2) is 52.4 Å². The van der Waals surface area contributed by atoms with E-state index in [4.69, 9.17) is 0 Å². The zero-order valence-electron chi connectivity index (χ0n) is 14.7. The molecule has 0 N–H and O–H groups in total. The van der Waals surface area contributed by atoms with Crippen molar-refractivity contribution in [3.63, 3.8) is 0 Å². The van der Waals surface area contributed by atoms with E-state index in [2.05, 4.69) is 24.6 Å². The van der Waals surface area contributed by atoms with Crippen LogP contribution in [-0.2, 0) is 16.2 Å². The second-order valence-electron chi connectivity index (χ2n) is 5.73. The number of benzene rings is 1. The molecule has 0 fully saturated rings. The number of halogens is 3. The zero-order chi connectivity index (χ0) is 21.2. The molecule has 0 amide bonds. The van der Waals surface area contributed by atoms with Crippen LogP contribution in [0.4, 0.5) is 13.2 Å². The number of nitrogens with zero attached hydrogens (tertiary/aromatic N) is 5. The van der Waals surface area contributed by atoms with E-state index in [0.717, 1.165) is 10.5 Å². The number of carbonyl (C=O) groups is 1. The van der Waals surface area contributed by atoms with Crippen molar-refractivity contribution in [3.05, 3.63) is 54.3 Å². The fourth-order valence-electron chi connectivity index (χ4n) is 2.22. The number of rotatable bonds is 6. The van der Waals surface area contributed by atoms with Crippen LogP contribution >= 0.6 is 0 Å². The van der Waals surface area contributed by atoms with Gasteiger partial charge in [0.1, 0.15) is 0 Å². The van der Waals surface area contributed by atoms with Crippen LogP contribution < -0.4 is 0 Å². The lowest BCUT2D eigenvalue weighted by Gasteiger charge is -2.15. The molecule has 0 aliphatic rings. The summed E-state index contributed by atoms with van der Waals surface area (Å²) in [7, 11) is -2.79. The second kappa shape index (κ2) is 7.67. The first-order chi connectivity index (χ1) is 13.6. The Morgan fingerprint density at radius 2 is 1.86 bits per heavy atom. The molecule has 1 aromatic carbocycles. The largest absolute Gasteiger partial charge is 0.471 e. The van der Waals surface area contributed by atoms with Gasteiger partial charge >= 0.3 is 12.1 Å². The molecule has 0 unspecified atom stereocenters. The molecular weight excluding hydrogens is 415 g/mol. The van der Waals surface area contributed by atoms with Gasteiger partial charge in [-0.3, -0.25) is 9.78 Å². The van der Waals surface area contributed by atoms with Gasteiger partial charge < -0.3 is 4.52 Å². The number of Topliss-reactive ketones (excluding diaryl/α,β-unsaturated/α-hetero) is 1. The van der Waals surface area contributed by atoms with Gasteiger partial charge in [0.2, 0.25) is 5.82 Å². The summed E-state index contributed by atoms with van der Waals surface area (Å²) in [5, 5.41) is 2.95. The SMILES string of the molecule is CN(CC(=O)c1ccc(-c2noc(C(F)(F)F)n2)cc1)S(=O)(=O)c1cnccn1. The molecule has 9 nitrogen and oxygen atoms in total. The van der Waals surface area contributed by atoms with Gasteiger partial charge in [-0.25, -0.2) is 13.4 Å². The Labute approximate surface area is 162 Å². The molecular formula is C16H12F3N5O4S. The fraction of sp³-hybridized carbons (Fsp3) is 0.188. The molecule has 29 heavy (non-hydrogen) atoms. The van der Waals surface area contributed by atoms with Gasteiger partial charge in [0, 0.05) is 30.6 Å². The van der Waals surface area contributed by atoms with Crippen molar-refractivity contribution in [1.29, 1.82) is 0 Å². The Bertz CT molecular complexity index is 1120. The standard InChI is InChI=1S/C16H12F3N5O4S/c1-24(29(26,27)13-8-20-6-7-21-13)9-12(25)10-2-4-11(5-3-10)14-22-15(28-23-14)16(17,18)19/h2-8H,9H2,1H3. The van der Waals surface area contributed by atoms with E-state index >= 15 is 0 Å². The topological polar surface area (TPSA) is 119 Å². The monoisotopic (exact) mass is 427 g/mol. The van der Waals surface area contributed by atoms with Crippen molar-refractivity contribution in [3.8, 4) is 11.4 Å². The number of likely N-dealkylation sites (N-methyl/N-ethyl adjacent to an activating group) is 1. The van der Waals surface area contributed by atoms with E-state index in [0.29, 0.717) is 0 Å². The zero-order valence-corrected chi connectivity index (χ0v) is 15.5. The Morgan fingerprint density at radius 3 is 2.41 bits per heavy atom. The van der Waals surface area contributed by atoms with Gasteiger partial charge in [0.15, 0.2) is 10.8 Å². The van der Waals surface area contributed by atoms with Crippen molar-refractivity contribution in [1.82, 2.24) is 24.4 Å². The summed E-state index contributed by atoms with van der Waals surface area (Å²) in [6.45, 7) is -0.474. The third kappa shape index (κ3) is 4.46. The van der Waals surface area contributed by atoms with Gasteiger partial charge in [0.05, 0.1) is 12.7 Å². The summed E-state index contributed by atoms with van der Waals surface area (Å²) in [6, 6.07) is 5.30. The van der Waals surface area contributed by atoms with Crippen molar-refractivity contribution in [2.75, 3.05) is 13.6 Å². The highest BCUT2D eigenvalue weighted by atomic mass is 32.2. The van der Waals surface area contributed by atoms with Crippen LogP contribution in [0.25, 0.3) is 11.4 Å². The van der Waals surface area contributed by atoms with E-state index in [1.165, 1.54) is 43.7 Å². The van der Waals surface area contributed by atoms with E-state index in [9.17, 15) is 26.4 Å². The highest BCUT2D eigenvalue weighted by molar-refractivity contribution is 7.89. The molecule has 0 bridgehead atoms. The lowest BCUT2D eigenvalue weighted by Crippen LogP contribution is -2.32. The van der Waals surface area contributed by atoms with Crippen LogP contribution in [0.5, 0.6) is 0 Å². The molecule has 2 heterocycles. The molecule has 152 valence electrons. The Morgan fingerprint density at radius 1 is 1.17 bits per heavy atom. The van der Waals surface area contributed by atoms with Gasteiger partial charge in [-0.1, -0.05) is 29.4 Å². The Kier molecular flexibility index (Phi) is 5.44. The van der Waals surface area contributed by atoms with Gasteiger partial charge in [-0.15, -0.1) is 0 Å². The minimum atomic E-state index is -4.76. The number of hydrogen-bond acceptors (Lipinski definition) is 8. The average molecular weight is 427 g/mol. The van der Waals surface area contributed by atoms with Gasteiger partial charge in [0.25, 0.3) is 10.0 Å². The fourth-order valence-corrected chi connectivity index (χ4v) is 3.21. The molecule has 0 aliphatic carbocycles. The van der Waals surface area contributed by atoms with E-state index in [1.807, 2.05) is 0 Å². The molecule has 3 rings (SSSR count). The predicted octanol–water partition coefficient (Wildman–Crippen LogP) is 2.05. The maximum atomic E-state index is 12.5. The van der Waals surface area contributed by atoms with Crippen molar-refractivity contribution in [2.45, 2.75) is 11.2 Å². The molecule has 3 aromatic rings. The highest BCUT2D eigenvalue weighted by Gasteiger charge is 2.38. The van der Waals surface area contributed by atoms with Gasteiger partial charge in [-0.2, -0.15) is 22.5 Å². The molecule has 2 aromatic heterocycles. The quantitative estimate of drug-likeness (QED) is 0.549. The number of hydrogen-bond donors (Lipinski definition) is 0. The summed E-state index contributed by atoms with van der Waals surface area (Å²) < 4.78 is 67.3. The smallest absolute Gasteiger partial charge is 0.329 e. The summed E-state index contributed by atoms with van der Waals surface area (Å²) in [5.41, 5.74) is 0.343. The maximum Gasteiger partial charge on any atom is 0.471 e. The maximum absolute atomic E-state index is 12.5. The first-order valence-electron chi connectivity index (χ1n) is 7.86. The van der Waals surface area contributed by atoms with Crippen LogP contribution in [0.2, 0.25) is 0 Å². The van der Waals surface area contributed by atoms with Crippen LogP contribution in [0.1, 0.15) is 16.2 Å². The minimum absolute atomic E-state index is 0.148. The molecule has 0 radical (unpaired) electrons. The summed E-state index contributed by atoms with van der Waals surface area (Å²) >= 11 is 0. The molecule has 13 heteroatoms. The Balaban J connectivity index is 1.73. The Hall–Kier alpha value is -3.19. The van der Waals surface area contributed by atoms with E-state index in [-0.39, 0.29) is 22.0 Å². The number of ketones is 1. The molecule has 0 saturated heterocycles. The molecule has 0 spiro atoms. The molecule has 0 saturated carbocycles. The van der Waals surface area contributed by atoms with Crippen molar-refractivity contribution >= 4 is 15.8 Å². The summed E-state index contributed by atoms with van der Waals surface area (Å²) in [5.74, 6) is -2.31. The van der Waals surface area contributed by atoms with E-state index < -0.39 is 34.4 Å². The third-order valence-corrected chi connectivity index (χ3v) is 5.40. The number of carbonyl (C=O) groups excluding carboxylic acids is 1. The number of alkyl halides is 3. The number of sulfonamides is 1. The lowest BCUT2D eigenvalue weighted by molar-refractivity contribution is -0.159. The first kappa shape index (κ1) is 20.5. The summed E-state index contributed by atoms with van der Waals surface area (Å²) in [6.07, 6.45) is -1.18. The average Bonchev–Trinajstić information content (AvgIpc) is 3.19. The highest BCUT2D eigenvalue weighted by Crippen LogP contribution is 2.29. The molecule has 0 atom stereocenters. The van der Waals surface area contributed by atoms with Crippen LogP contribution in [0.3, 0.4) is 0 Å². The van der Waals surface area contributed by atoms with E-state index in [1.54, 1.807) is 0 Å². The van der Waals surface area contributed by atoms with Crippen molar-refractivity contribution in [2.24, 2.45) is 0 Å². The number of aromatic nitrogens is 4. The van der Waals surface area contributed by atoms with Crippen LogP contribution in [-0.4, -0.2) is 52.2 Å².